The molecule has 7 nitrogen and oxygen atoms in total. The molecule has 2 aromatic heterocycles. The lowest BCUT2D eigenvalue weighted by atomic mass is 9.94. The molecular weight excluding hydrogens is 378 g/mol. The van der Waals surface area contributed by atoms with Crippen LogP contribution in [0.15, 0.2) is 43.1 Å². The lowest BCUT2D eigenvalue weighted by molar-refractivity contribution is -0.127. The van der Waals surface area contributed by atoms with Crippen LogP contribution in [-0.2, 0) is 4.79 Å². The predicted molar refractivity (Wildman–Crippen MR) is 107 cm³/mol. The molecule has 1 saturated heterocycles. The highest BCUT2D eigenvalue weighted by Crippen LogP contribution is 2.32. The maximum Gasteiger partial charge on any atom is 0.254 e. The Kier molecular flexibility index (Phi) is 4.68. The molecule has 3 N–H and O–H groups in total. The van der Waals surface area contributed by atoms with Gasteiger partial charge in [0.1, 0.15) is 16.9 Å². The highest BCUT2D eigenvalue weighted by Gasteiger charge is 2.28. The predicted octanol–water partition coefficient (Wildman–Crippen LogP) is 2.97. The third-order valence-corrected chi connectivity index (χ3v) is 5.50. The fraction of sp³-hybridized carbons (Fsp3) is 0.250. The molecule has 28 heavy (non-hydrogen) atoms. The second kappa shape index (κ2) is 7.16. The molecule has 0 aliphatic carbocycles. The number of hydrogen-bond donors (Lipinski definition) is 2. The van der Waals surface area contributed by atoms with Gasteiger partial charge in [0.05, 0.1) is 5.69 Å². The summed E-state index contributed by atoms with van der Waals surface area (Å²) in [5, 5.41) is 5.29. The number of carbonyl (C=O) groups is 2. The van der Waals surface area contributed by atoms with E-state index in [-0.39, 0.29) is 11.8 Å². The molecule has 144 valence electrons. The third kappa shape index (κ3) is 3.07. The van der Waals surface area contributed by atoms with Gasteiger partial charge >= 0.3 is 0 Å². The number of nitrogens with two attached hydrogens (primary N) is 1. The minimum Gasteiger partial charge on any atom is -0.365 e. The molecule has 0 atom stereocenters. The quantitative estimate of drug-likeness (QED) is 0.662. The number of fused-ring (bicyclic) bond motifs is 1. The molecule has 1 aliphatic heterocycles. The van der Waals surface area contributed by atoms with Crippen molar-refractivity contribution >= 4 is 29.1 Å². The zero-order chi connectivity index (χ0) is 19.8. The van der Waals surface area contributed by atoms with Gasteiger partial charge in [-0.05, 0) is 31.1 Å². The lowest BCUT2D eigenvalue weighted by Crippen LogP contribution is -2.37. The van der Waals surface area contributed by atoms with Gasteiger partial charge in [-0.3, -0.25) is 9.59 Å². The highest BCUT2D eigenvalue weighted by atomic mass is 35.5. The minimum absolute atomic E-state index is 0.0437. The van der Waals surface area contributed by atoms with Gasteiger partial charge in [0.25, 0.3) is 5.91 Å². The van der Waals surface area contributed by atoms with Crippen LogP contribution in [0.5, 0.6) is 0 Å². The second-order valence-electron chi connectivity index (χ2n) is 6.87. The van der Waals surface area contributed by atoms with Gasteiger partial charge in [-0.1, -0.05) is 30.3 Å². The Hall–Kier alpha value is -3.06. The summed E-state index contributed by atoms with van der Waals surface area (Å²) in [6.07, 6.45) is 4.85. The molecule has 0 bridgehead atoms. The van der Waals surface area contributed by atoms with Gasteiger partial charge in [-0.2, -0.15) is 5.10 Å². The summed E-state index contributed by atoms with van der Waals surface area (Å²) in [6, 6.07) is 7.14. The van der Waals surface area contributed by atoms with Crippen LogP contribution in [0.2, 0.25) is 5.02 Å². The van der Waals surface area contributed by atoms with Crippen molar-refractivity contribution in [3.63, 3.8) is 0 Å². The molecule has 3 aromatic rings. The molecule has 1 aromatic carbocycles. The Labute approximate surface area is 166 Å². The molecule has 0 unspecified atom stereocenters. The second-order valence-corrected chi connectivity index (χ2v) is 7.31. The minimum atomic E-state index is -0.542. The number of aromatic amines is 1. The van der Waals surface area contributed by atoms with Crippen LogP contribution in [-0.4, -0.2) is 44.4 Å². The van der Waals surface area contributed by atoms with Crippen molar-refractivity contribution in [3.05, 3.63) is 59.4 Å². The number of halogens is 1. The molecule has 0 radical (unpaired) electrons. The van der Waals surface area contributed by atoms with Crippen molar-refractivity contribution in [2.45, 2.75) is 18.8 Å². The Morgan fingerprint density at radius 1 is 1.25 bits per heavy atom. The number of primary amides is 1. The fourth-order valence-electron chi connectivity index (χ4n) is 3.80. The Balaban J connectivity index is 1.71. The summed E-state index contributed by atoms with van der Waals surface area (Å²) in [7, 11) is 0. The average Bonchev–Trinajstić information content (AvgIpc) is 3.27. The zero-order valence-corrected chi connectivity index (χ0v) is 15.9. The average molecular weight is 398 g/mol. The Morgan fingerprint density at radius 2 is 1.93 bits per heavy atom. The molecule has 2 amide bonds. The Morgan fingerprint density at radius 3 is 2.54 bits per heavy atom. The van der Waals surface area contributed by atoms with E-state index in [9.17, 15) is 9.59 Å². The van der Waals surface area contributed by atoms with Crippen LogP contribution in [0.1, 0.15) is 34.8 Å². The van der Waals surface area contributed by atoms with E-state index in [4.69, 9.17) is 17.3 Å². The van der Waals surface area contributed by atoms with Crippen LogP contribution in [0.25, 0.3) is 16.9 Å². The number of likely N-dealkylation sites (tertiary alicyclic amines) is 1. The maximum absolute atomic E-state index is 12.1. The topological polar surface area (TPSA) is 96.5 Å². The number of nitrogens with zero attached hydrogens (tertiary/aromatic N) is 3. The number of aromatic nitrogens is 3. The normalized spacial score (nSPS) is 15.1. The lowest BCUT2D eigenvalue weighted by Gasteiger charge is -2.30. The van der Waals surface area contributed by atoms with Crippen LogP contribution in [0.3, 0.4) is 0 Å². The number of carbonyl (C=O) groups excluding carboxylic acids is 2. The Bertz CT molecular complexity index is 1060. The first-order valence-corrected chi connectivity index (χ1v) is 9.44. The standard InChI is InChI=1S/C20H20ClN5O2/c1-2-16(27)25-9-7-12(8-10-25)15-11-23-20-17(19(22)28)18(24-26(15)20)13-3-5-14(21)6-4-13/h2-6,11-12,23H,1,7-10H2,(H2,22,28). The van der Waals surface area contributed by atoms with Gasteiger partial charge in [-0.15, -0.1) is 0 Å². The number of rotatable bonds is 4. The van der Waals surface area contributed by atoms with E-state index in [0.717, 1.165) is 24.1 Å². The summed E-state index contributed by atoms with van der Waals surface area (Å²) in [5.74, 6) is -0.362. The van der Waals surface area contributed by atoms with Gasteiger partial charge in [-0.25, -0.2) is 4.52 Å². The monoisotopic (exact) mass is 397 g/mol. The molecule has 1 aliphatic rings. The van der Waals surface area contributed by atoms with Crippen LogP contribution < -0.4 is 5.73 Å². The largest absolute Gasteiger partial charge is 0.365 e. The number of hydrogen-bond acceptors (Lipinski definition) is 3. The molecule has 3 heterocycles. The van der Waals surface area contributed by atoms with E-state index in [1.807, 2.05) is 18.3 Å². The fourth-order valence-corrected chi connectivity index (χ4v) is 3.93. The molecular formula is C20H20ClN5O2. The van der Waals surface area contributed by atoms with Gasteiger partial charge in [0.15, 0.2) is 0 Å². The summed E-state index contributed by atoms with van der Waals surface area (Å²) in [5.41, 5.74) is 8.86. The van der Waals surface area contributed by atoms with Crippen molar-refractivity contribution in [2.75, 3.05) is 13.1 Å². The third-order valence-electron chi connectivity index (χ3n) is 5.25. The van der Waals surface area contributed by atoms with Gasteiger partial charge in [0, 0.05) is 35.8 Å². The van der Waals surface area contributed by atoms with Crippen molar-refractivity contribution in [3.8, 4) is 11.3 Å². The molecule has 0 saturated carbocycles. The van der Waals surface area contributed by atoms with Crippen LogP contribution in [0.4, 0.5) is 0 Å². The molecule has 0 spiro atoms. The first-order valence-electron chi connectivity index (χ1n) is 9.06. The van der Waals surface area contributed by atoms with E-state index >= 15 is 0 Å². The summed E-state index contributed by atoms with van der Waals surface area (Å²) < 4.78 is 1.76. The smallest absolute Gasteiger partial charge is 0.254 e. The first kappa shape index (κ1) is 18.3. The molecule has 1 fully saturated rings. The number of piperidine rings is 1. The zero-order valence-electron chi connectivity index (χ0n) is 15.2. The van der Waals surface area contributed by atoms with E-state index in [2.05, 4.69) is 16.7 Å². The SMILES string of the molecule is C=CC(=O)N1CCC(c2c[nH]c3c(C(N)=O)c(-c4ccc(Cl)cc4)nn23)CC1. The van der Waals surface area contributed by atoms with Crippen LogP contribution in [0, 0.1) is 0 Å². The van der Waals surface area contributed by atoms with E-state index < -0.39 is 5.91 Å². The summed E-state index contributed by atoms with van der Waals surface area (Å²) >= 11 is 5.97. The van der Waals surface area contributed by atoms with Gasteiger partial charge < -0.3 is 15.6 Å². The highest BCUT2D eigenvalue weighted by molar-refractivity contribution is 6.30. The molecule has 4 rings (SSSR count). The number of nitrogens with one attached hydrogen (secondary N) is 1. The van der Waals surface area contributed by atoms with Crippen molar-refractivity contribution < 1.29 is 9.59 Å². The number of imidazole rings is 1. The van der Waals surface area contributed by atoms with Crippen molar-refractivity contribution in [1.29, 1.82) is 0 Å². The van der Waals surface area contributed by atoms with E-state index in [1.165, 1.54) is 6.08 Å². The van der Waals surface area contributed by atoms with Crippen molar-refractivity contribution in [1.82, 2.24) is 19.5 Å². The van der Waals surface area contributed by atoms with E-state index in [0.29, 0.717) is 35.0 Å². The summed E-state index contributed by atoms with van der Waals surface area (Å²) in [4.78, 5) is 28.9. The van der Waals surface area contributed by atoms with Gasteiger partial charge in [0.2, 0.25) is 5.91 Å². The first-order chi connectivity index (χ1) is 13.5. The summed E-state index contributed by atoms with van der Waals surface area (Å²) in [6.45, 7) is 4.87. The van der Waals surface area contributed by atoms with Crippen molar-refractivity contribution in [2.24, 2.45) is 5.73 Å². The number of benzene rings is 1. The molecule has 8 heteroatoms. The number of amides is 2. The maximum atomic E-state index is 12.1. The van der Waals surface area contributed by atoms with Crippen LogP contribution >= 0.6 is 11.6 Å². The van der Waals surface area contributed by atoms with E-state index in [1.54, 1.807) is 21.5 Å². The number of H-pyrrole nitrogens is 1.